The van der Waals surface area contributed by atoms with E-state index in [4.69, 9.17) is 4.74 Å². The van der Waals surface area contributed by atoms with Crippen molar-refractivity contribution in [2.45, 2.75) is 117 Å². The molecule has 0 radical (unpaired) electrons. The lowest BCUT2D eigenvalue weighted by Crippen LogP contribution is -2.54. The number of benzene rings is 1. The molecule has 1 aromatic rings. The number of nitrogens with zero attached hydrogens (tertiary/aromatic N) is 1. The number of hydrogen-bond acceptors (Lipinski definition) is 5. The van der Waals surface area contributed by atoms with Gasteiger partial charge in [0.05, 0.1) is 0 Å². The van der Waals surface area contributed by atoms with E-state index < -0.39 is 23.8 Å². The molecule has 0 bridgehead atoms. The lowest BCUT2D eigenvalue weighted by atomic mass is 9.99. The summed E-state index contributed by atoms with van der Waals surface area (Å²) in [4.78, 5) is 41.5. The Bertz CT molecular complexity index is 837. The van der Waals surface area contributed by atoms with Gasteiger partial charge in [0.1, 0.15) is 17.7 Å². The highest BCUT2D eigenvalue weighted by molar-refractivity contribution is 7.80. The minimum atomic E-state index is -0.928. The van der Waals surface area contributed by atoms with E-state index in [9.17, 15) is 14.4 Å². The Morgan fingerprint density at radius 3 is 2.05 bits per heavy atom. The van der Waals surface area contributed by atoms with Gasteiger partial charge in [-0.25, -0.2) is 4.79 Å². The van der Waals surface area contributed by atoms with Crippen molar-refractivity contribution >= 4 is 30.5 Å². The molecular formula is C29H49N3O4S. The highest BCUT2D eigenvalue weighted by Crippen LogP contribution is 2.25. The summed E-state index contributed by atoms with van der Waals surface area (Å²) in [5, 5.41) is 5.65. The summed E-state index contributed by atoms with van der Waals surface area (Å²) in [5.41, 5.74) is 1.19. The highest BCUT2D eigenvalue weighted by Gasteiger charge is 2.35. The Labute approximate surface area is 229 Å². The van der Waals surface area contributed by atoms with Crippen LogP contribution in [0, 0.1) is 0 Å². The van der Waals surface area contributed by atoms with Crippen molar-refractivity contribution in [2.24, 2.45) is 0 Å². The smallest absolute Gasteiger partial charge is 0.408 e. The van der Waals surface area contributed by atoms with E-state index in [1.807, 2.05) is 38.1 Å². The molecule has 0 aromatic heterocycles. The normalized spacial score (nSPS) is 13.1. The lowest BCUT2D eigenvalue weighted by Gasteiger charge is -2.34. The SMILES string of the molecule is CCCCCCCCN(C(=O)C(CS)NC(=O)OC(C)(C)C)C(C(=O)NC(C)C)c1ccc(CC)cc1. The third-order valence-electron chi connectivity index (χ3n) is 5.90. The van der Waals surface area contributed by atoms with Crippen molar-refractivity contribution in [3.05, 3.63) is 35.4 Å². The van der Waals surface area contributed by atoms with Gasteiger partial charge in [-0.2, -0.15) is 12.6 Å². The zero-order valence-corrected chi connectivity index (χ0v) is 24.8. The van der Waals surface area contributed by atoms with Crippen LogP contribution in [0.5, 0.6) is 0 Å². The molecule has 0 heterocycles. The number of alkyl carbamates (subject to hydrolysis) is 1. The predicted octanol–water partition coefficient (Wildman–Crippen LogP) is 5.83. The number of aryl methyl sites for hydroxylation is 1. The maximum absolute atomic E-state index is 13.9. The van der Waals surface area contributed by atoms with Crippen LogP contribution in [0.25, 0.3) is 0 Å². The number of rotatable bonds is 15. The molecule has 7 nitrogen and oxygen atoms in total. The number of amides is 3. The summed E-state index contributed by atoms with van der Waals surface area (Å²) in [6.45, 7) is 13.7. The Balaban J connectivity index is 3.32. The van der Waals surface area contributed by atoms with Crippen molar-refractivity contribution in [3.8, 4) is 0 Å². The summed E-state index contributed by atoms with van der Waals surface area (Å²) in [6, 6.07) is 5.99. The van der Waals surface area contributed by atoms with Crippen LogP contribution in [0.4, 0.5) is 4.79 Å². The minimum Gasteiger partial charge on any atom is -0.444 e. The van der Waals surface area contributed by atoms with Gasteiger partial charge in [0.15, 0.2) is 0 Å². The summed E-state index contributed by atoms with van der Waals surface area (Å²) >= 11 is 4.35. The largest absolute Gasteiger partial charge is 0.444 e. The topological polar surface area (TPSA) is 87.7 Å². The van der Waals surface area contributed by atoms with Crippen LogP contribution in [0.1, 0.15) is 104 Å². The number of carbonyl (C=O) groups is 3. The number of ether oxygens (including phenoxy) is 1. The van der Waals surface area contributed by atoms with E-state index >= 15 is 0 Å². The first-order valence-electron chi connectivity index (χ1n) is 13.7. The second-order valence-electron chi connectivity index (χ2n) is 10.8. The van der Waals surface area contributed by atoms with Crippen LogP contribution >= 0.6 is 12.6 Å². The van der Waals surface area contributed by atoms with E-state index in [1.54, 1.807) is 25.7 Å². The van der Waals surface area contributed by atoms with Gasteiger partial charge < -0.3 is 20.3 Å². The Morgan fingerprint density at radius 1 is 0.946 bits per heavy atom. The van der Waals surface area contributed by atoms with E-state index in [1.165, 1.54) is 6.42 Å². The number of nitrogens with one attached hydrogen (secondary N) is 2. The molecule has 0 aliphatic rings. The van der Waals surface area contributed by atoms with Gasteiger partial charge in [-0.1, -0.05) is 70.2 Å². The van der Waals surface area contributed by atoms with E-state index in [-0.39, 0.29) is 23.6 Å². The van der Waals surface area contributed by atoms with Gasteiger partial charge in [-0.05, 0) is 58.6 Å². The number of carbonyl (C=O) groups excluding carboxylic acids is 3. The maximum Gasteiger partial charge on any atom is 0.408 e. The maximum atomic E-state index is 13.9. The molecule has 2 N–H and O–H groups in total. The Hall–Kier alpha value is -2.22. The van der Waals surface area contributed by atoms with E-state index in [0.29, 0.717) is 6.54 Å². The van der Waals surface area contributed by atoms with E-state index in [2.05, 4.69) is 37.1 Å². The third-order valence-corrected chi connectivity index (χ3v) is 6.27. The molecule has 8 heteroatoms. The number of thiol groups is 1. The van der Waals surface area contributed by atoms with E-state index in [0.717, 1.165) is 49.7 Å². The predicted molar refractivity (Wildman–Crippen MR) is 154 cm³/mol. The molecule has 0 saturated heterocycles. The molecule has 1 aromatic carbocycles. The summed E-state index contributed by atoms with van der Waals surface area (Å²) in [6.07, 6.45) is 6.50. The third kappa shape index (κ3) is 12.2. The molecule has 0 aliphatic heterocycles. The first-order chi connectivity index (χ1) is 17.4. The van der Waals surface area contributed by atoms with Crippen molar-refractivity contribution in [3.63, 3.8) is 0 Å². The van der Waals surface area contributed by atoms with Gasteiger partial charge >= 0.3 is 6.09 Å². The quantitative estimate of drug-likeness (QED) is 0.195. The van der Waals surface area contributed by atoms with Crippen molar-refractivity contribution in [2.75, 3.05) is 12.3 Å². The molecule has 1 rings (SSSR count). The second kappa shape index (κ2) is 16.6. The summed E-state index contributed by atoms with van der Waals surface area (Å²) in [5.74, 6) is -0.509. The van der Waals surface area contributed by atoms with Crippen LogP contribution in [-0.4, -0.2) is 52.8 Å². The number of hydrogen-bond donors (Lipinski definition) is 3. The van der Waals surface area contributed by atoms with Crippen LogP contribution in [0.2, 0.25) is 0 Å². The highest BCUT2D eigenvalue weighted by atomic mass is 32.1. The summed E-state index contributed by atoms with van der Waals surface area (Å²) in [7, 11) is 0. The van der Waals surface area contributed by atoms with Crippen molar-refractivity contribution in [1.82, 2.24) is 15.5 Å². The first-order valence-corrected chi connectivity index (χ1v) is 14.4. The molecule has 2 unspecified atom stereocenters. The molecule has 2 atom stereocenters. The monoisotopic (exact) mass is 535 g/mol. The lowest BCUT2D eigenvalue weighted by molar-refractivity contribution is -0.142. The summed E-state index contributed by atoms with van der Waals surface area (Å²) < 4.78 is 5.37. The van der Waals surface area contributed by atoms with Gasteiger partial charge in [-0.3, -0.25) is 9.59 Å². The second-order valence-corrected chi connectivity index (χ2v) is 11.2. The molecule has 0 fully saturated rings. The fraction of sp³-hybridized carbons (Fsp3) is 0.690. The molecular weight excluding hydrogens is 486 g/mol. The Morgan fingerprint density at radius 2 is 1.54 bits per heavy atom. The Kier molecular flexibility index (Phi) is 14.7. The van der Waals surface area contributed by atoms with Gasteiger partial charge in [0, 0.05) is 18.3 Å². The molecule has 37 heavy (non-hydrogen) atoms. The van der Waals surface area contributed by atoms with Crippen molar-refractivity contribution in [1.29, 1.82) is 0 Å². The molecule has 3 amide bonds. The fourth-order valence-electron chi connectivity index (χ4n) is 4.04. The minimum absolute atomic E-state index is 0.0817. The van der Waals surface area contributed by atoms with Gasteiger partial charge in [0.2, 0.25) is 11.8 Å². The average molecular weight is 536 g/mol. The zero-order chi connectivity index (χ0) is 28.0. The van der Waals surface area contributed by atoms with Crippen LogP contribution in [0.15, 0.2) is 24.3 Å². The van der Waals surface area contributed by atoms with Crippen LogP contribution in [-0.2, 0) is 20.7 Å². The van der Waals surface area contributed by atoms with Crippen molar-refractivity contribution < 1.29 is 19.1 Å². The van der Waals surface area contributed by atoms with Crippen LogP contribution < -0.4 is 10.6 Å². The first kappa shape index (κ1) is 32.8. The van der Waals surface area contributed by atoms with Gasteiger partial charge in [0.25, 0.3) is 0 Å². The fourth-order valence-corrected chi connectivity index (χ4v) is 4.28. The van der Waals surface area contributed by atoms with Crippen LogP contribution in [0.3, 0.4) is 0 Å². The average Bonchev–Trinajstić information content (AvgIpc) is 2.82. The van der Waals surface area contributed by atoms with Gasteiger partial charge in [-0.15, -0.1) is 0 Å². The molecule has 210 valence electrons. The zero-order valence-electron chi connectivity index (χ0n) is 23.9. The molecule has 0 aliphatic carbocycles. The number of unbranched alkanes of at least 4 members (excludes halogenated alkanes) is 5. The standard InChI is InChI=1S/C29H49N3O4S/c1-8-10-11-12-13-14-19-32(27(34)24(20-37)31-28(35)36-29(5,6)7)25(26(33)30-21(3)4)23-17-15-22(9-2)16-18-23/h15-18,21,24-25,37H,8-14,19-20H2,1-7H3,(H,30,33)(H,31,35). The molecule has 0 saturated carbocycles. The molecule has 0 spiro atoms.